The summed E-state index contributed by atoms with van der Waals surface area (Å²) >= 11 is 0. The van der Waals surface area contributed by atoms with E-state index in [2.05, 4.69) is 10.2 Å². The molecule has 1 atom stereocenters. The minimum absolute atomic E-state index is 0.0825. The molecule has 0 bridgehead atoms. The predicted molar refractivity (Wildman–Crippen MR) is 157 cm³/mol. The number of nitrogens with one attached hydrogen (secondary N) is 1. The molecule has 3 aliphatic rings. The second-order valence-corrected chi connectivity index (χ2v) is 12.3. The third-order valence-corrected chi connectivity index (χ3v) is 9.75. The first-order chi connectivity index (χ1) is 21.3. The van der Waals surface area contributed by atoms with Gasteiger partial charge in [-0.15, -0.1) is 0 Å². The Morgan fingerprint density at radius 2 is 1.42 bits per heavy atom. The molecule has 3 aromatic rings. The van der Waals surface area contributed by atoms with Gasteiger partial charge in [0.05, 0.1) is 22.7 Å². The van der Waals surface area contributed by atoms with Gasteiger partial charge in [-0.3, -0.25) is 9.59 Å². The third-order valence-electron chi connectivity index (χ3n) is 9.75. The molecule has 2 heterocycles. The smallest absolute Gasteiger partial charge is 0.371 e. The number of halogens is 6. The minimum atomic E-state index is -4.66. The van der Waals surface area contributed by atoms with Crippen molar-refractivity contribution in [3.8, 4) is 0 Å². The average Bonchev–Trinajstić information content (AvgIpc) is 3.42. The van der Waals surface area contributed by atoms with Gasteiger partial charge in [-0.2, -0.15) is 26.3 Å². The van der Waals surface area contributed by atoms with Crippen molar-refractivity contribution in [3.63, 3.8) is 0 Å². The van der Waals surface area contributed by atoms with E-state index in [1.165, 1.54) is 24.3 Å². The lowest BCUT2D eigenvalue weighted by atomic mass is 9.71. The molecule has 1 unspecified atom stereocenters. The van der Waals surface area contributed by atoms with Crippen LogP contribution in [0.2, 0.25) is 0 Å². The van der Waals surface area contributed by atoms with Crippen LogP contribution in [-0.2, 0) is 18.8 Å². The highest BCUT2D eigenvalue weighted by molar-refractivity contribution is 5.97. The first-order valence-electron chi connectivity index (χ1n) is 15.1. The van der Waals surface area contributed by atoms with Crippen LogP contribution in [0.5, 0.6) is 0 Å². The molecule has 0 saturated carbocycles. The Hall–Kier alpha value is -4.02. The molecular formula is C34H33F6N3O2. The van der Waals surface area contributed by atoms with Crippen LogP contribution >= 0.6 is 0 Å². The maximum Gasteiger partial charge on any atom is 0.417 e. The van der Waals surface area contributed by atoms with Gasteiger partial charge in [0.2, 0.25) is 0 Å². The van der Waals surface area contributed by atoms with E-state index in [0.29, 0.717) is 31.5 Å². The molecule has 1 aliphatic carbocycles. The molecule has 6 rings (SSSR count). The van der Waals surface area contributed by atoms with Crippen molar-refractivity contribution in [2.75, 3.05) is 31.1 Å². The van der Waals surface area contributed by atoms with Gasteiger partial charge in [0.25, 0.3) is 11.8 Å². The number of benzene rings is 3. The number of fused-ring (bicyclic) bond motifs is 1. The SMILES string of the molecule is O=C(NC1CCc2ccc(C(=O)N3CCC4(CC3)CCN(c3ccc(C(F)(F)F)cc3)CC4)cc21)c1ccccc1C(F)(F)F. The third kappa shape index (κ3) is 6.39. The number of anilines is 1. The molecule has 2 aliphatic heterocycles. The Morgan fingerprint density at radius 1 is 0.778 bits per heavy atom. The largest absolute Gasteiger partial charge is 0.417 e. The molecule has 5 nitrogen and oxygen atoms in total. The van der Waals surface area contributed by atoms with E-state index in [1.54, 1.807) is 12.1 Å². The maximum atomic E-state index is 13.5. The van der Waals surface area contributed by atoms with Gasteiger partial charge < -0.3 is 15.1 Å². The number of aryl methyl sites for hydroxylation is 1. The van der Waals surface area contributed by atoms with Crippen molar-refractivity contribution >= 4 is 17.5 Å². The number of hydrogen-bond acceptors (Lipinski definition) is 3. The summed E-state index contributed by atoms with van der Waals surface area (Å²) in [4.78, 5) is 30.4. The van der Waals surface area contributed by atoms with Crippen LogP contribution in [0.25, 0.3) is 0 Å². The van der Waals surface area contributed by atoms with Crippen molar-refractivity contribution in [1.29, 1.82) is 0 Å². The number of alkyl halides is 6. The number of nitrogens with zero attached hydrogens (tertiary/aromatic N) is 2. The van der Waals surface area contributed by atoms with E-state index >= 15 is 0 Å². The van der Waals surface area contributed by atoms with Crippen molar-refractivity contribution < 1.29 is 35.9 Å². The Labute approximate surface area is 257 Å². The fourth-order valence-corrected chi connectivity index (χ4v) is 7.02. The van der Waals surface area contributed by atoms with E-state index in [0.717, 1.165) is 79.9 Å². The number of carbonyl (C=O) groups is 2. The highest BCUT2D eigenvalue weighted by Crippen LogP contribution is 2.43. The van der Waals surface area contributed by atoms with Crippen LogP contribution in [-0.4, -0.2) is 42.9 Å². The van der Waals surface area contributed by atoms with Gasteiger partial charge in [-0.25, -0.2) is 0 Å². The summed E-state index contributed by atoms with van der Waals surface area (Å²) in [6.45, 7) is 2.66. The molecule has 0 radical (unpaired) electrons. The van der Waals surface area contributed by atoms with Gasteiger partial charge in [-0.1, -0.05) is 18.2 Å². The molecule has 238 valence electrons. The first kappa shape index (κ1) is 31.0. The second kappa shape index (κ2) is 11.7. The second-order valence-electron chi connectivity index (χ2n) is 12.3. The molecule has 2 fully saturated rings. The molecule has 1 spiro atoms. The lowest BCUT2D eigenvalue weighted by Gasteiger charge is -2.47. The number of likely N-dealkylation sites (tertiary alicyclic amines) is 1. The van der Waals surface area contributed by atoms with Crippen LogP contribution in [0.4, 0.5) is 32.0 Å². The number of hydrogen-bond donors (Lipinski definition) is 1. The highest BCUT2D eigenvalue weighted by atomic mass is 19.4. The van der Waals surface area contributed by atoms with Crippen molar-refractivity contribution in [1.82, 2.24) is 10.2 Å². The topological polar surface area (TPSA) is 52.7 Å². The number of piperidine rings is 2. The molecule has 2 saturated heterocycles. The molecule has 45 heavy (non-hydrogen) atoms. The molecule has 1 N–H and O–H groups in total. The summed E-state index contributed by atoms with van der Waals surface area (Å²) in [6, 6.07) is 14.9. The quantitative estimate of drug-likeness (QED) is 0.302. The lowest BCUT2D eigenvalue weighted by molar-refractivity contribution is -0.138. The molecule has 11 heteroatoms. The van der Waals surface area contributed by atoms with E-state index in [4.69, 9.17) is 0 Å². The summed E-state index contributed by atoms with van der Waals surface area (Å²) in [5, 5.41) is 2.76. The molecule has 0 aromatic heterocycles. The Morgan fingerprint density at radius 3 is 2.07 bits per heavy atom. The first-order valence-corrected chi connectivity index (χ1v) is 15.1. The molecular weight excluding hydrogens is 596 g/mol. The Balaban J connectivity index is 1.06. The van der Waals surface area contributed by atoms with Crippen LogP contribution in [0, 0.1) is 5.41 Å². The summed E-state index contributed by atoms with van der Waals surface area (Å²) < 4.78 is 79.2. The van der Waals surface area contributed by atoms with Crippen molar-refractivity contribution in [2.45, 2.75) is 56.9 Å². The lowest BCUT2D eigenvalue weighted by Crippen LogP contribution is -2.48. The fourth-order valence-electron chi connectivity index (χ4n) is 7.02. The summed E-state index contributed by atoms with van der Waals surface area (Å²) in [6.07, 6.45) is -4.38. The zero-order valence-corrected chi connectivity index (χ0v) is 24.5. The highest BCUT2D eigenvalue weighted by Gasteiger charge is 2.40. The Kier molecular flexibility index (Phi) is 8.07. The standard InChI is InChI=1S/C34H33F6N3O2/c35-33(36,37)24-8-10-25(11-9-24)42-17-13-32(14-18-42)15-19-43(20-16-32)31(45)23-6-5-22-7-12-29(27(22)21-23)41-30(44)26-3-1-2-4-28(26)34(38,39)40/h1-6,8-11,21,29H,7,12-20H2,(H,41,44). The summed E-state index contributed by atoms with van der Waals surface area (Å²) in [7, 11) is 0. The number of rotatable bonds is 4. The van der Waals surface area contributed by atoms with Crippen molar-refractivity contribution in [2.24, 2.45) is 5.41 Å². The van der Waals surface area contributed by atoms with Crippen LogP contribution in [0.15, 0.2) is 66.7 Å². The number of amides is 2. The summed E-state index contributed by atoms with van der Waals surface area (Å²) in [5.74, 6) is -0.919. The summed E-state index contributed by atoms with van der Waals surface area (Å²) in [5.41, 5.74) is 0.975. The van der Waals surface area contributed by atoms with Crippen LogP contribution in [0.3, 0.4) is 0 Å². The van der Waals surface area contributed by atoms with Gasteiger partial charge in [0.1, 0.15) is 0 Å². The zero-order chi connectivity index (χ0) is 32.0. The van der Waals surface area contributed by atoms with Crippen LogP contribution < -0.4 is 10.2 Å². The normalized spacial score (nSPS) is 19.8. The van der Waals surface area contributed by atoms with Gasteiger partial charge in [0, 0.05) is 37.4 Å². The maximum absolute atomic E-state index is 13.5. The van der Waals surface area contributed by atoms with E-state index < -0.39 is 41.0 Å². The Bertz CT molecular complexity index is 1570. The van der Waals surface area contributed by atoms with E-state index in [-0.39, 0.29) is 11.3 Å². The predicted octanol–water partition coefficient (Wildman–Crippen LogP) is 7.66. The number of carbonyl (C=O) groups excluding carboxylic acids is 2. The van der Waals surface area contributed by atoms with Crippen LogP contribution in [0.1, 0.15) is 81.1 Å². The van der Waals surface area contributed by atoms with Gasteiger partial charge in [0.15, 0.2) is 0 Å². The van der Waals surface area contributed by atoms with Gasteiger partial charge >= 0.3 is 12.4 Å². The molecule has 2 amide bonds. The molecule has 3 aromatic carbocycles. The average molecular weight is 630 g/mol. The van der Waals surface area contributed by atoms with Gasteiger partial charge in [-0.05, 0) is 104 Å². The monoisotopic (exact) mass is 629 g/mol. The zero-order valence-electron chi connectivity index (χ0n) is 24.5. The van der Waals surface area contributed by atoms with E-state index in [9.17, 15) is 35.9 Å². The fraction of sp³-hybridized carbons (Fsp3) is 0.412. The van der Waals surface area contributed by atoms with Crippen molar-refractivity contribution in [3.05, 3.63) is 100 Å². The minimum Gasteiger partial charge on any atom is -0.371 e. The van der Waals surface area contributed by atoms with E-state index in [1.807, 2.05) is 11.0 Å².